The minimum atomic E-state index is -0.352. The number of rotatable bonds is 3. The molecule has 1 atom stereocenters. The van der Waals surface area contributed by atoms with Crippen molar-refractivity contribution in [3.8, 4) is 0 Å². The molecule has 3 nitrogen and oxygen atoms in total. The zero-order valence-corrected chi connectivity index (χ0v) is 5.42. The molecule has 0 fully saturated rings. The van der Waals surface area contributed by atoms with Gasteiger partial charge in [0, 0.05) is 6.61 Å². The topological polar surface area (TPSA) is 61.3 Å². The summed E-state index contributed by atoms with van der Waals surface area (Å²) < 4.78 is 5.05. The van der Waals surface area contributed by atoms with Crippen molar-refractivity contribution in [2.45, 2.75) is 26.1 Å². The van der Waals surface area contributed by atoms with Crippen LogP contribution in [0.4, 0.5) is 0 Å². The van der Waals surface area contributed by atoms with Crippen molar-refractivity contribution >= 4 is 0 Å². The van der Waals surface area contributed by atoms with Gasteiger partial charge in [-0.05, 0) is 13.8 Å². The van der Waals surface area contributed by atoms with Crippen molar-refractivity contribution in [3.05, 3.63) is 0 Å². The third-order valence-corrected chi connectivity index (χ3v) is 0.972. The smallest absolute Gasteiger partial charge is 0.0827 e. The van der Waals surface area contributed by atoms with Crippen molar-refractivity contribution in [1.29, 1.82) is 0 Å². The highest BCUT2D eigenvalue weighted by Crippen LogP contribution is 1.88. The summed E-state index contributed by atoms with van der Waals surface area (Å²) >= 11 is 0. The van der Waals surface area contributed by atoms with E-state index in [1.54, 1.807) is 0 Å². The van der Waals surface area contributed by atoms with Gasteiger partial charge in [-0.25, -0.2) is 0 Å². The van der Waals surface area contributed by atoms with E-state index in [0.717, 1.165) is 0 Å². The fraction of sp³-hybridized carbons (Fsp3) is 1.00. The molecule has 0 bridgehead atoms. The third kappa shape index (κ3) is 2.96. The summed E-state index contributed by atoms with van der Waals surface area (Å²) in [5.41, 5.74) is 10.5. The van der Waals surface area contributed by atoms with Gasteiger partial charge >= 0.3 is 0 Å². The second-order valence-electron chi connectivity index (χ2n) is 1.74. The van der Waals surface area contributed by atoms with Gasteiger partial charge < -0.3 is 16.2 Å². The molecule has 8 heavy (non-hydrogen) atoms. The minimum absolute atomic E-state index is 0.0278. The molecule has 0 heterocycles. The van der Waals surface area contributed by atoms with Crippen LogP contribution in [0.5, 0.6) is 0 Å². The van der Waals surface area contributed by atoms with Crippen LogP contribution in [0.2, 0.25) is 0 Å². The van der Waals surface area contributed by atoms with E-state index in [2.05, 4.69) is 0 Å². The van der Waals surface area contributed by atoms with Crippen LogP contribution in [0.1, 0.15) is 13.8 Å². The molecule has 0 rings (SSSR count). The fourth-order valence-electron chi connectivity index (χ4n) is 0.374. The van der Waals surface area contributed by atoms with Gasteiger partial charge in [0.05, 0.1) is 12.3 Å². The van der Waals surface area contributed by atoms with Crippen molar-refractivity contribution < 1.29 is 4.74 Å². The van der Waals surface area contributed by atoms with Gasteiger partial charge in [0.25, 0.3) is 0 Å². The molecule has 4 N–H and O–H groups in total. The fourth-order valence-corrected chi connectivity index (χ4v) is 0.374. The molecule has 0 aliphatic rings. The van der Waals surface area contributed by atoms with Crippen molar-refractivity contribution in [2.24, 2.45) is 11.5 Å². The van der Waals surface area contributed by atoms with Crippen LogP contribution < -0.4 is 11.5 Å². The van der Waals surface area contributed by atoms with Crippen LogP contribution in [-0.2, 0) is 4.74 Å². The zero-order chi connectivity index (χ0) is 6.57. The highest BCUT2D eigenvalue weighted by atomic mass is 16.5. The van der Waals surface area contributed by atoms with E-state index in [0.29, 0.717) is 6.61 Å². The van der Waals surface area contributed by atoms with Crippen LogP contribution in [0, 0.1) is 0 Å². The minimum Gasteiger partial charge on any atom is -0.376 e. The summed E-state index contributed by atoms with van der Waals surface area (Å²) in [5, 5.41) is 0. The van der Waals surface area contributed by atoms with E-state index in [9.17, 15) is 0 Å². The lowest BCUT2D eigenvalue weighted by molar-refractivity contribution is 0.0591. The molecule has 0 spiro atoms. The molecule has 0 aliphatic heterocycles. The SMILES string of the molecule is CCOC(C)C(N)N. The van der Waals surface area contributed by atoms with Crippen LogP contribution in [0.15, 0.2) is 0 Å². The molecule has 0 aromatic heterocycles. The number of nitrogens with two attached hydrogens (primary N) is 2. The van der Waals surface area contributed by atoms with E-state index in [1.807, 2.05) is 13.8 Å². The molecule has 0 saturated heterocycles. The van der Waals surface area contributed by atoms with Crippen molar-refractivity contribution in [1.82, 2.24) is 0 Å². The molecule has 0 saturated carbocycles. The first-order valence-corrected chi connectivity index (χ1v) is 2.81. The third-order valence-electron chi connectivity index (χ3n) is 0.972. The molecule has 50 valence electrons. The Morgan fingerprint density at radius 1 is 1.50 bits per heavy atom. The van der Waals surface area contributed by atoms with E-state index in [4.69, 9.17) is 16.2 Å². The summed E-state index contributed by atoms with van der Waals surface area (Å²) in [4.78, 5) is 0. The quantitative estimate of drug-likeness (QED) is 0.498. The summed E-state index contributed by atoms with van der Waals surface area (Å²) in [7, 11) is 0. The Balaban J connectivity index is 3.17. The average Bonchev–Trinajstić information content (AvgIpc) is 1.67. The Morgan fingerprint density at radius 3 is 2.12 bits per heavy atom. The lowest BCUT2D eigenvalue weighted by Gasteiger charge is -2.14. The van der Waals surface area contributed by atoms with Gasteiger partial charge in [0.2, 0.25) is 0 Å². The van der Waals surface area contributed by atoms with Crippen molar-refractivity contribution in [2.75, 3.05) is 6.61 Å². The van der Waals surface area contributed by atoms with Crippen LogP contribution in [-0.4, -0.2) is 18.9 Å². The summed E-state index contributed by atoms with van der Waals surface area (Å²) in [6.45, 7) is 4.44. The second-order valence-corrected chi connectivity index (χ2v) is 1.74. The number of ether oxygens (including phenoxy) is 1. The normalized spacial score (nSPS) is 14.6. The van der Waals surface area contributed by atoms with E-state index >= 15 is 0 Å². The molecule has 0 aromatic carbocycles. The van der Waals surface area contributed by atoms with Gasteiger partial charge in [-0.2, -0.15) is 0 Å². The summed E-state index contributed by atoms with van der Waals surface area (Å²) in [5.74, 6) is 0. The largest absolute Gasteiger partial charge is 0.376 e. The maximum Gasteiger partial charge on any atom is 0.0827 e. The van der Waals surface area contributed by atoms with E-state index < -0.39 is 0 Å². The average molecular weight is 118 g/mol. The van der Waals surface area contributed by atoms with Gasteiger partial charge in [0.1, 0.15) is 0 Å². The monoisotopic (exact) mass is 118 g/mol. The van der Waals surface area contributed by atoms with Crippen LogP contribution in [0.3, 0.4) is 0 Å². The lowest BCUT2D eigenvalue weighted by atomic mass is 10.3. The van der Waals surface area contributed by atoms with Gasteiger partial charge in [-0.3, -0.25) is 0 Å². The molecule has 0 radical (unpaired) electrons. The Kier molecular flexibility index (Phi) is 3.77. The highest BCUT2D eigenvalue weighted by Gasteiger charge is 2.04. The van der Waals surface area contributed by atoms with Gasteiger partial charge in [-0.15, -0.1) is 0 Å². The highest BCUT2D eigenvalue weighted by molar-refractivity contribution is 4.59. The predicted molar refractivity (Wildman–Crippen MR) is 33.3 cm³/mol. The molecule has 0 amide bonds. The van der Waals surface area contributed by atoms with Crippen LogP contribution in [0.25, 0.3) is 0 Å². The molecule has 3 heteroatoms. The summed E-state index contributed by atoms with van der Waals surface area (Å²) in [6, 6.07) is 0. The first-order valence-electron chi connectivity index (χ1n) is 2.81. The van der Waals surface area contributed by atoms with Crippen LogP contribution >= 0.6 is 0 Å². The first-order chi connectivity index (χ1) is 3.68. The lowest BCUT2D eigenvalue weighted by Crippen LogP contribution is -2.42. The molecular weight excluding hydrogens is 104 g/mol. The molecular formula is C5H14N2O. The standard InChI is InChI=1S/C5H14N2O/c1-3-8-4(2)5(6)7/h4-5H,3,6-7H2,1-2H3. The Bertz CT molecular complexity index is 56.4. The summed E-state index contributed by atoms with van der Waals surface area (Å²) in [6.07, 6.45) is -0.380. The molecule has 1 unspecified atom stereocenters. The first kappa shape index (κ1) is 7.88. The Hall–Kier alpha value is -0.120. The Morgan fingerprint density at radius 2 is 2.00 bits per heavy atom. The maximum absolute atomic E-state index is 5.27. The van der Waals surface area contributed by atoms with E-state index in [-0.39, 0.29) is 12.3 Å². The molecule has 0 aromatic rings. The van der Waals surface area contributed by atoms with Gasteiger partial charge in [-0.1, -0.05) is 0 Å². The zero-order valence-electron chi connectivity index (χ0n) is 5.42. The van der Waals surface area contributed by atoms with E-state index in [1.165, 1.54) is 0 Å². The predicted octanol–water partition coefficient (Wildman–Crippen LogP) is -0.345. The van der Waals surface area contributed by atoms with Gasteiger partial charge in [0.15, 0.2) is 0 Å². The maximum atomic E-state index is 5.27. The van der Waals surface area contributed by atoms with Crippen molar-refractivity contribution in [3.63, 3.8) is 0 Å². The Labute approximate surface area is 50.0 Å². The number of hydrogen-bond acceptors (Lipinski definition) is 3. The molecule has 0 aliphatic carbocycles. The number of hydrogen-bond donors (Lipinski definition) is 2. The second kappa shape index (κ2) is 3.83.